The van der Waals surface area contributed by atoms with E-state index in [2.05, 4.69) is 27.1 Å². The van der Waals surface area contributed by atoms with Crippen molar-refractivity contribution in [3.05, 3.63) is 221 Å². The molecule has 1 aliphatic rings. The molecule has 0 saturated heterocycles. The molecule has 1 aliphatic carbocycles. The number of hydrogen-bond acceptors (Lipinski definition) is 3. The summed E-state index contributed by atoms with van der Waals surface area (Å²) in [5, 5.41) is 0. The van der Waals surface area contributed by atoms with Crippen molar-refractivity contribution < 1.29 is 15.1 Å². The summed E-state index contributed by atoms with van der Waals surface area (Å²) in [6, 6.07) is 46.3. The Bertz CT molecular complexity index is 3080. The van der Waals surface area contributed by atoms with Crippen LogP contribution in [0.15, 0.2) is 176 Å². The van der Waals surface area contributed by atoms with E-state index in [0.29, 0.717) is 34.1 Å². The first-order chi connectivity index (χ1) is 35.1. The number of aromatic nitrogens is 3. The number of nitrogens with zero attached hydrogens (tertiary/aromatic N) is 3. The van der Waals surface area contributed by atoms with Crippen molar-refractivity contribution in [1.82, 2.24) is 15.0 Å². The van der Waals surface area contributed by atoms with Crippen molar-refractivity contribution in [3.63, 3.8) is 0 Å². The lowest BCUT2D eigenvalue weighted by atomic mass is 9.78. The molecule has 0 unspecified atom stereocenters. The standard InChI is InChI=1S/C60H59N3/c1-43-42-63-59(40-56(43)51-29-27-50(28-30-51)49-11-5-4-6-12-49)54-31-33-55(34-32-54)60(2,3)41-48-38-46(17-15-44-19-23-52(24-20-44)57-13-7-9-35-61-57)37-47(39-48)18-16-45-21-25-53(26-22-45)58-14-8-10-36-62-58/h7-10,13-14,19-40,42,49H,4-6,11-12,15-18,41H2,1-3H3/i1D3,15D2,16D2,17D2,18D2. The normalized spacial score (nSPS) is 17.0. The van der Waals surface area contributed by atoms with Gasteiger partial charge in [0.2, 0.25) is 0 Å². The molecule has 0 bridgehead atoms. The van der Waals surface area contributed by atoms with E-state index >= 15 is 0 Å². The molecule has 3 heteroatoms. The third kappa shape index (κ3) is 10.4. The van der Waals surface area contributed by atoms with Gasteiger partial charge >= 0.3 is 0 Å². The topological polar surface area (TPSA) is 38.7 Å². The van der Waals surface area contributed by atoms with Gasteiger partial charge in [0.05, 0.1) is 17.1 Å². The van der Waals surface area contributed by atoms with Gasteiger partial charge in [-0.15, -0.1) is 0 Å². The lowest BCUT2D eigenvalue weighted by Gasteiger charge is -2.26. The smallest absolute Gasteiger partial charge is 0.0708 e. The minimum atomic E-state index is -2.73. The van der Waals surface area contributed by atoms with Crippen molar-refractivity contribution in [1.29, 1.82) is 0 Å². The zero-order valence-corrected chi connectivity index (χ0v) is 35.9. The molecule has 0 radical (unpaired) electrons. The Labute approximate surface area is 390 Å². The molecule has 9 rings (SSSR count). The Morgan fingerprint density at radius 2 is 1.02 bits per heavy atom. The van der Waals surface area contributed by atoms with Gasteiger partial charge in [0.1, 0.15) is 0 Å². The van der Waals surface area contributed by atoms with Crippen LogP contribution in [-0.4, -0.2) is 15.0 Å². The SMILES string of the molecule is [2H]C([2H])([2H])c1cnc(-c2ccc(C(C)(C)Cc3cc(C([2H])([2H])C([2H])([2H])c4ccc(-c5ccccn5)cc4)cc(C([2H])([2H])C([2H])([2H])c4ccc(-c5ccccn5)cc4)c3)cc2)cc1-c1ccc(C2CCCCC2)cc1. The van der Waals surface area contributed by atoms with Gasteiger partial charge in [-0.25, -0.2) is 0 Å². The molecule has 314 valence electrons. The van der Waals surface area contributed by atoms with Crippen LogP contribution in [0.3, 0.4) is 0 Å². The molecular formula is C60H59N3. The highest BCUT2D eigenvalue weighted by molar-refractivity contribution is 5.73. The highest BCUT2D eigenvalue weighted by Gasteiger charge is 2.23. The Morgan fingerprint density at radius 3 is 1.56 bits per heavy atom. The van der Waals surface area contributed by atoms with Crippen LogP contribution in [0.5, 0.6) is 0 Å². The average Bonchev–Trinajstić information content (AvgIpc) is 3.41. The Balaban J connectivity index is 1.05. The van der Waals surface area contributed by atoms with Crippen molar-refractivity contribution in [2.75, 3.05) is 0 Å². The summed E-state index contributed by atoms with van der Waals surface area (Å²) >= 11 is 0. The summed E-state index contributed by atoms with van der Waals surface area (Å²) < 4.78 is 101. The van der Waals surface area contributed by atoms with Crippen LogP contribution in [0.4, 0.5) is 0 Å². The third-order valence-corrected chi connectivity index (χ3v) is 12.2. The van der Waals surface area contributed by atoms with Gasteiger partial charge < -0.3 is 0 Å². The maximum atomic E-state index is 9.54. The number of hydrogen-bond donors (Lipinski definition) is 0. The lowest BCUT2D eigenvalue weighted by Crippen LogP contribution is -2.20. The molecule has 1 fully saturated rings. The second-order valence-corrected chi connectivity index (χ2v) is 17.2. The summed E-state index contributed by atoms with van der Waals surface area (Å²) in [4.78, 5) is 13.4. The fourth-order valence-corrected chi connectivity index (χ4v) is 8.67. The van der Waals surface area contributed by atoms with Crippen molar-refractivity contribution in [3.8, 4) is 44.9 Å². The monoisotopic (exact) mass is 833 g/mol. The Hall–Kier alpha value is -6.45. The van der Waals surface area contributed by atoms with Gasteiger partial charge in [-0.3, -0.25) is 15.0 Å². The summed E-state index contributed by atoms with van der Waals surface area (Å²) in [5.74, 6) is 0.520. The van der Waals surface area contributed by atoms with E-state index in [1.165, 1.54) is 49.9 Å². The second kappa shape index (κ2) is 19.3. The molecule has 5 aromatic carbocycles. The van der Waals surface area contributed by atoms with E-state index in [9.17, 15) is 11.0 Å². The van der Waals surface area contributed by atoms with E-state index in [1.807, 2.05) is 80.6 Å². The summed E-state index contributed by atoms with van der Waals surface area (Å²) in [6.45, 7) is 1.65. The molecule has 63 heavy (non-hydrogen) atoms. The largest absolute Gasteiger partial charge is 0.256 e. The first-order valence-corrected chi connectivity index (χ1v) is 22.0. The van der Waals surface area contributed by atoms with E-state index in [1.54, 1.807) is 85.2 Å². The highest BCUT2D eigenvalue weighted by atomic mass is 14.7. The summed E-state index contributed by atoms with van der Waals surface area (Å²) in [7, 11) is 0. The van der Waals surface area contributed by atoms with Crippen LogP contribution in [-0.2, 0) is 37.3 Å². The fourth-order valence-electron chi connectivity index (χ4n) is 8.67. The van der Waals surface area contributed by atoms with Gasteiger partial charge in [0, 0.05) is 50.4 Å². The van der Waals surface area contributed by atoms with Crippen molar-refractivity contribution in [2.45, 2.75) is 96.0 Å². The maximum Gasteiger partial charge on any atom is 0.0708 e. The lowest BCUT2D eigenvalue weighted by molar-refractivity contribution is 0.443. The van der Waals surface area contributed by atoms with Crippen molar-refractivity contribution >= 4 is 0 Å². The zero-order chi connectivity index (χ0) is 52.7. The molecule has 8 aromatic rings. The predicted octanol–water partition coefficient (Wildman–Crippen LogP) is 15.0. The first kappa shape index (κ1) is 30.6. The van der Waals surface area contributed by atoms with Gasteiger partial charge in [0.15, 0.2) is 0 Å². The molecule has 0 aliphatic heterocycles. The molecule has 0 amide bonds. The summed E-state index contributed by atoms with van der Waals surface area (Å²) in [6.07, 6.45) is 0.339. The zero-order valence-electron chi connectivity index (χ0n) is 46.9. The molecular weight excluding hydrogens is 763 g/mol. The van der Waals surface area contributed by atoms with Crippen LogP contribution in [0, 0.1) is 6.85 Å². The third-order valence-electron chi connectivity index (χ3n) is 12.2. The van der Waals surface area contributed by atoms with Gasteiger partial charge in [0.25, 0.3) is 0 Å². The van der Waals surface area contributed by atoms with Crippen LogP contribution >= 0.6 is 0 Å². The van der Waals surface area contributed by atoms with Crippen LogP contribution in [0.1, 0.15) is 111 Å². The van der Waals surface area contributed by atoms with Crippen LogP contribution in [0.25, 0.3) is 44.9 Å². The number of pyridine rings is 3. The molecule has 0 atom stereocenters. The average molecular weight is 833 g/mol. The number of rotatable bonds is 14. The van der Waals surface area contributed by atoms with Crippen LogP contribution in [0.2, 0.25) is 0 Å². The molecule has 3 heterocycles. The second-order valence-electron chi connectivity index (χ2n) is 17.2. The molecule has 0 N–H and O–H groups in total. The fraction of sp³-hybridized carbons (Fsp3) is 0.250. The Morgan fingerprint density at radius 1 is 0.508 bits per heavy atom. The number of aryl methyl sites for hydroxylation is 5. The molecule has 0 spiro atoms. The molecule has 1 saturated carbocycles. The minimum Gasteiger partial charge on any atom is -0.256 e. The maximum absolute atomic E-state index is 9.54. The van der Waals surface area contributed by atoms with Gasteiger partial charge in [-0.2, -0.15) is 0 Å². The van der Waals surface area contributed by atoms with Crippen LogP contribution < -0.4 is 0 Å². The Kier molecular flexibility index (Phi) is 9.37. The quantitative estimate of drug-likeness (QED) is 0.110. The van der Waals surface area contributed by atoms with Gasteiger partial charge in [-0.1, -0.05) is 161 Å². The van der Waals surface area contributed by atoms with E-state index in [0.717, 1.165) is 27.8 Å². The molecule has 3 nitrogen and oxygen atoms in total. The van der Waals surface area contributed by atoms with E-state index in [-0.39, 0.29) is 34.2 Å². The van der Waals surface area contributed by atoms with Crippen molar-refractivity contribution in [2.24, 2.45) is 0 Å². The van der Waals surface area contributed by atoms with Gasteiger partial charge in [-0.05, 0) is 149 Å². The van der Waals surface area contributed by atoms with E-state index < -0.39 is 37.8 Å². The minimum absolute atomic E-state index is 0.0723. The number of benzene rings is 5. The van der Waals surface area contributed by atoms with E-state index in [4.69, 9.17) is 4.11 Å². The molecule has 3 aromatic heterocycles. The predicted molar refractivity (Wildman–Crippen MR) is 263 cm³/mol. The highest BCUT2D eigenvalue weighted by Crippen LogP contribution is 2.36. The summed E-state index contributed by atoms with van der Waals surface area (Å²) in [5.41, 5.74) is 7.67. The first-order valence-electron chi connectivity index (χ1n) is 27.5.